The highest BCUT2D eigenvalue weighted by Crippen LogP contribution is 2.24. The molecule has 5 heteroatoms. The quantitative estimate of drug-likeness (QED) is 0.791. The van der Waals surface area contributed by atoms with Gasteiger partial charge in [-0.3, -0.25) is 14.8 Å². The topological polar surface area (TPSA) is 59.0 Å². The Hall–Kier alpha value is -2.14. The second-order valence-corrected chi connectivity index (χ2v) is 7.36. The molecule has 0 unspecified atom stereocenters. The van der Waals surface area contributed by atoms with Crippen LogP contribution in [0.5, 0.6) is 0 Å². The monoisotopic (exact) mass is 356 g/mol. The van der Waals surface area contributed by atoms with Gasteiger partial charge in [-0.05, 0) is 44.2 Å². The van der Waals surface area contributed by atoms with Gasteiger partial charge in [0.1, 0.15) is 0 Å². The standard InChI is InChI=1S/C21H32N4O/c1-8-17-9-11-18(12-10-17)19(13(2)3)22-15(5)21(26)23-20-14(4)24-25(7)16(20)6/h9-13,15,19,22H,8H2,1-7H3,(H,23,26)/t15-,19-/m1/s1. The third-order valence-corrected chi connectivity index (χ3v) is 4.99. The first-order chi connectivity index (χ1) is 12.2. The average molecular weight is 357 g/mol. The first-order valence-electron chi connectivity index (χ1n) is 9.40. The van der Waals surface area contributed by atoms with Gasteiger partial charge in [0, 0.05) is 13.1 Å². The van der Waals surface area contributed by atoms with Crippen LogP contribution in [0.3, 0.4) is 0 Å². The Labute approximate surface area is 157 Å². The van der Waals surface area contributed by atoms with Gasteiger partial charge in [-0.15, -0.1) is 0 Å². The lowest BCUT2D eigenvalue weighted by Crippen LogP contribution is -2.41. The molecule has 1 aromatic carbocycles. The van der Waals surface area contributed by atoms with Crippen LogP contribution in [0, 0.1) is 19.8 Å². The van der Waals surface area contributed by atoms with Crippen molar-refractivity contribution >= 4 is 11.6 Å². The summed E-state index contributed by atoms with van der Waals surface area (Å²) in [6, 6.07) is 8.47. The first-order valence-corrected chi connectivity index (χ1v) is 9.40. The number of hydrogen-bond acceptors (Lipinski definition) is 3. The predicted octanol–water partition coefficient (Wildman–Crippen LogP) is 3.91. The van der Waals surface area contributed by atoms with Crippen molar-refractivity contribution in [1.29, 1.82) is 0 Å². The maximum Gasteiger partial charge on any atom is 0.241 e. The normalized spacial score (nSPS) is 13.7. The number of benzene rings is 1. The van der Waals surface area contributed by atoms with Crippen molar-refractivity contribution in [3.05, 3.63) is 46.8 Å². The van der Waals surface area contributed by atoms with E-state index in [2.05, 4.69) is 60.8 Å². The van der Waals surface area contributed by atoms with Gasteiger partial charge in [-0.25, -0.2) is 0 Å². The van der Waals surface area contributed by atoms with Crippen molar-refractivity contribution in [3.8, 4) is 0 Å². The van der Waals surface area contributed by atoms with Crippen LogP contribution in [0.1, 0.15) is 56.3 Å². The largest absolute Gasteiger partial charge is 0.322 e. The van der Waals surface area contributed by atoms with Gasteiger partial charge in [0.2, 0.25) is 5.91 Å². The maximum atomic E-state index is 12.7. The van der Waals surface area contributed by atoms with E-state index in [0.717, 1.165) is 23.5 Å². The Bertz CT molecular complexity index is 746. The fourth-order valence-electron chi connectivity index (χ4n) is 3.17. The minimum Gasteiger partial charge on any atom is -0.322 e. The Morgan fingerprint density at radius 3 is 2.23 bits per heavy atom. The van der Waals surface area contributed by atoms with Crippen LogP contribution in [-0.2, 0) is 18.3 Å². The summed E-state index contributed by atoms with van der Waals surface area (Å²) in [6.45, 7) is 12.3. The molecule has 5 nitrogen and oxygen atoms in total. The molecular formula is C21H32N4O. The van der Waals surface area contributed by atoms with Crippen molar-refractivity contribution in [2.45, 2.75) is 60.0 Å². The molecule has 0 spiro atoms. The fraction of sp³-hybridized carbons (Fsp3) is 0.524. The molecule has 0 saturated heterocycles. The number of aromatic nitrogens is 2. The summed E-state index contributed by atoms with van der Waals surface area (Å²) >= 11 is 0. The number of amides is 1. The van der Waals surface area contributed by atoms with Crippen molar-refractivity contribution in [3.63, 3.8) is 0 Å². The summed E-state index contributed by atoms with van der Waals surface area (Å²) in [5.41, 5.74) is 5.13. The minimum absolute atomic E-state index is 0.0416. The minimum atomic E-state index is -0.313. The number of hydrogen-bond donors (Lipinski definition) is 2. The molecule has 2 N–H and O–H groups in total. The van der Waals surface area contributed by atoms with Crippen LogP contribution in [0.25, 0.3) is 0 Å². The summed E-state index contributed by atoms with van der Waals surface area (Å²) in [5, 5.41) is 10.9. The average Bonchev–Trinajstić information content (AvgIpc) is 2.85. The number of carbonyl (C=O) groups is 1. The number of rotatable bonds is 7. The SMILES string of the molecule is CCc1ccc([C@H](N[C@H](C)C(=O)Nc2c(C)nn(C)c2C)C(C)C)cc1. The lowest BCUT2D eigenvalue weighted by atomic mass is 9.94. The molecular weight excluding hydrogens is 324 g/mol. The summed E-state index contributed by atoms with van der Waals surface area (Å²) in [4.78, 5) is 12.7. The molecule has 26 heavy (non-hydrogen) atoms. The number of aryl methyl sites for hydroxylation is 3. The first kappa shape index (κ1) is 20.2. The summed E-state index contributed by atoms with van der Waals surface area (Å²) < 4.78 is 1.79. The summed E-state index contributed by atoms with van der Waals surface area (Å²) in [7, 11) is 1.88. The van der Waals surface area contributed by atoms with Crippen molar-refractivity contribution < 1.29 is 4.79 Å². The van der Waals surface area contributed by atoms with E-state index in [0.29, 0.717) is 5.92 Å². The van der Waals surface area contributed by atoms with Gasteiger partial charge in [-0.1, -0.05) is 45.0 Å². The van der Waals surface area contributed by atoms with E-state index in [1.165, 1.54) is 11.1 Å². The molecule has 2 rings (SSSR count). The zero-order valence-electron chi connectivity index (χ0n) is 17.1. The lowest BCUT2D eigenvalue weighted by molar-refractivity contribution is -0.118. The van der Waals surface area contributed by atoms with Gasteiger partial charge < -0.3 is 5.32 Å². The van der Waals surface area contributed by atoms with Crippen LogP contribution >= 0.6 is 0 Å². The number of nitrogens with one attached hydrogen (secondary N) is 2. The van der Waals surface area contributed by atoms with Crippen molar-refractivity contribution in [2.75, 3.05) is 5.32 Å². The molecule has 142 valence electrons. The number of carbonyl (C=O) groups excluding carboxylic acids is 1. The maximum absolute atomic E-state index is 12.7. The molecule has 0 aliphatic rings. The highest BCUT2D eigenvalue weighted by molar-refractivity contribution is 5.95. The van der Waals surface area contributed by atoms with Gasteiger partial charge in [0.05, 0.1) is 23.1 Å². The zero-order valence-corrected chi connectivity index (χ0v) is 17.1. The molecule has 0 fully saturated rings. The highest BCUT2D eigenvalue weighted by Gasteiger charge is 2.23. The lowest BCUT2D eigenvalue weighted by Gasteiger charge is -2.26. The molecule has 1 heterocycles. The van der Waals surface area contributed by atoms with Crippen LogP contribution in [0.15, 0.2) is 24.3 Å². The third-order valence-electron chi connectivity index (χ3n) is 4.99. The summed E-state index contributed by atoms with van der Waals surface area (Å²) in [6.07, 6.45) is 1.03. The van der Waals surface area contributed by atoms with Gasteiger partial charge in [0.15, 0.2) is 0 Å². The Kier molecular flexibility index (Phi) is 6.59. The second-order valence-electron chi connectivity index (χ2n) is 7.36. The third kappa shape index (κ3) is 4.52. The molecule has 1 amide bonds. The Balaban J connectivity index is 2.11. The molecule has 0 radical (unpaired) electrons. The van der Waals surface area contributed by atoms with Crippen LogP contribution in [-0.4, -0.2) is 21.7 Å². The van der Waals surface area contributed by atoms with Gasteiger partial charge >= 0.3 is 0 Å². The van der Waals surface area contributed by atoms with E-state index in [1.54, 1.807) is 4.68 Å². The van der Waals surface area contributed by atoms with Crippen molar-refractivity contribution in [1.82, 2.24) is 15.1 Å². The van der Waals surface area contributed by atoms with E-state index >= 15 is 0 Å². The molecule has 0 saturated carbocycles. The Morgan fingerprint density at radius 1 is 1.15 bits per heavy atom. The molecule has 0 bridgehead atoms. The van der Waals surface area contributed by atoms with Crippen molar-refractivity contribution in [2.24, 2.45) is 13.0 Å². The predicted molar refractivity (Wildman–Crippen MR) is 107 cm³/mol. The molecule has 0 aliphatic heterocycles. The number of nitrogens with zero attached hydrogens (tertiary/aromatic N) is 2. The number of anilines is 1. The van der Waals surface area contributed by atoms with E-state index in [9.17, 15) is 4.79 Å². The fourth-order valence-corrected chi connectivity index (χ4v) is 3.17. The van der Waals surface area contributed by atoms with E-state index < -0.39 is 0 Å². The molecule has 1 aromatic heterocycles. The van der Waals surface area contributed by atoms with E-state index in [-0.39, 0.29) is 18.0 Å². The molecule has 2 atom stereocenters. The van der Waals surface area contributed by atoms with Crippen LogP contribution in [0.4, 0.5) is 5.69 Å². The van der Waals surface area contributed by atoms with E-state index in [4.69, 9.17) is 0 Å². The molecule has 2 aromatic rings. The van der Waals surface area contributed by atoms with Gasteiger partial charge in [-0.2, -0.15) is 5.10 Å². The van der Waals surface area contributed by atoms with E-state index in [1.807, 2.05) is 27.8 Å². The second kappa shape index (κ2) is 8.49. The van der Waals surface area contributed by atoms with Crippen LogP contribution < -0.4 is 10.6 Å². The Morgan fingerprint density at radius 2 is 1.77 bits per heavy atom. The zero-order chi connectivity index (χ0) is 19.4. The summed E-state index contributed by atoms with van der Waals surface area (Å²) in [5.74, 6) is 0.333. The smallest absolute Gasteiger partial charge is 0.241 e. The van der Waals surface area contributed by atoms with Gasteiger partial charge in [0.25, 0.3) is 0 Å². The molecule has 0 aliphatic carbocycles. The highest BCUT2D eigenvalue weighted by atomic mass is 16.2. The van der Waals surface area contributed by atoms with Crippen LogP contribution in [0.2, 0.25) is 0 Å².